The van der Waals surface area contributed by atoms with E-state index in [0.29, 0.717) is 19.6 Å². The van der Waals surface area contributed by atoms with Gasteiger partial charge in [-0.05, 0) is 19.3 Å². The zero-order chi connectivity index (χ0) is 19.6. The minimum absolute atomic E-state index is 0.0118. The summed E-state index contributed by atoms with van der Waals surface area (Å²) in [5.74, 6) is 0.270. The maximum Gasteiger partial charge on any atom is 0.317 e. The number of ether oxygens (including phenoxy) is 1. The van der Waals surface area contributed by atoms with E-state index in [0.717, 1.165) is 32.2 Å². The molecule has 4 rings (SSSR count). The Morgan fingerprint density at radius 2 is 2.21 bits per heavy atom. The van der Waals surface area contributed by atoms with Crippen molar-refractivity contribution >= 4 is 11.9 Å². The highest BCUT2D eigenvalue weighted by molar-refractivity contribution is 5.91. The van der Waals surface area contributed by atoms with Crippen LogP contribution in [0.15, 0.2) is 16.9 Å². The largest absolute Gasteiger partial charge is 0.369 e. The topological polar surface area (TPSA) is 96.7 Å². The van der Waals surface area contributed by atoms with Crippen molar-refractivity contribution in [2.24, 2.45) is 11.8 Å². The molecule has 1 aromatic rings. The molecule has 154 valence electrons. The first kappa shape index (κ1) is 19.2. The molecule has 8 heteroatoms. The van der Waals surface area contributed by atoms with Gasteiger partial charge < -0.3 is 24.8 Å². The third kappa shape index (κ3) is 3.62. The molecule has 1 spiro atoms. The van der Waals surface area contributed by atoms with Gasteiger partial charge in [0.15, 0.2) is 5.69 Å². The Morgan fingerprint density at radius 3 is 3.00 bits per heavy atom. The van der Waals surface area contributed by atoms with E-state index < -0.39 is 0 Å². The molecule has 0 saturated carbocycles. The van der Waals surface area contributed by atoms with Crippen LogP contribution in [0.25, 0.3) is 0 Å². The van der Waals surface area contributed by atoms with Crippen LogP contribution in [0, 0.1) is 11.8 Å². The molecule has 4 atom stereocenters. The van der Waals surface area contributed by atoms with Crippen LogP contribution in [0.3, 0.4) is 0 Å². The van der Waals surface area contributed by atoms with E-state index in [-0.39, 0.29) is 41.2 Å². The maximum absolute atomic E-state index is 12.6. The molecule has 3 amide bonds. The normalized spacial score (nSPS) is 30.5. The molecule has 0 unspecified atom stereocenters. The third-order valence-electron chi connectivity index (χ3n) is 6.55. The van der Waals surface area contributed by atoms with Gasteiger partial charge in [0, 0.05) is 37.5 Å². The second-order valence-corrected chi connectivity index (χ2v) is 8.30. The lowest BCUT2D eigenvalue weighted by Gasteiger charge is -2.29. The molecule has 3 aliphatic rings. The van der Waals surface area contributed by atoms with Crippen molar-refractivity contribution in [3.05, 3.63) is 18.0 Å². The molecule has 1 aromatic heterocycles. The predicted octanol–water partition coefficient (Wildman–Crippen LogP) is 2.17. The molecule has 2 N–H and O–H groups in total. The van der Waals surface area contributed by atoms with Crippen molar-refractivity contribution in [3.63, 3.8) is 0 Å². The van der Waals surface area contributed by atoms with E-state index in [9.17, 15) is 9.59 Å². The van der Waals surface area contributed by atoms with Crippen LogP contribution in [-0.4, -0.2) is 59.9 Å². The van der Waals surface area contributed by atoms with Gasteiger partial charge in [0.2, 0.25) is 0 Å². The first-order valence-electron chi connectivity index (χ1n) is 10.5. The van der Waals surface area contributed by atoms with E-state index >= 15 is 0 Å². The molecule has 2 bridgehead atoms. The average molecular weight is 390 g/mol. The molecule has 3 saturated heterocycles. The smallest absolute Gasteiger partial charge is 0.317 e. The SMILES string of the molecule is CCCCCCNC(=O)N1C[C@@H]2[C@H](CNC(=O)c3ccon3)[C@H]3CC[C@]2(C1)O3. The number of fused-ring (bicyclic) bond motifs is 1. The second-order valence-electron chi connectivity index (χ2n) is 8.30. The van der Waals surface area contributed by atoms with Gasteiger partial charge >= 0.3 is 6.03 Å². The van der Waals surface area contributed by atoms with Crippen molar-refractivity contribution in [1.82, 2.24) is 20.7 Å². The van der Waals surface area contributed by atoms with Crippen LogP contribution in [0.2, 0.25) is 0 Å². The molecule has 0 aromatic carbocycles. The second kappa shape index (κ2) is 8.11. The lowest BCUT2D eigenvalue weighted by atomic mass is 9.73. The van der Waals surface area contributed by atoms with Crippen molar-refractivity contribution in [2.75, 3.05) is 26.2 Å². The summed E-state index contributed by atoms with van der Waals surface area (Å²) in [5, 5.41) is 9.69. The Balaban J connectivity index is 1.30. The summed E-state index contributed by atoms with van der Waals surface area (Å²) in [6.45, 7) is 4.80. The first-order chi connectivity index (χ1) is 13.6. The van der Waals surface area contributed by atoms with Crippen molar-refractivity contribution < 1.29 is 18.8 Å². The molecule has 8 nitrogen and oxygen atoms in total. The molecule has 3 fully saturated rings. The summed E-state index contributed by atoms with van der Waals surface area (Å²) < 4.78 is 11.1. The summed E-state index contributed by atoms with van der Waals surface area (Å²) in [6, 6.07) is 1.56. The number of nitrogens with one attached hydrogen (secondary N) is 2. The number of unbranched alkanes of at least 4 members (excludes halogenated alkanes) is 3. The van der Waals surface area contributed by atoms with Crippen LogP contribution >= 0.6 is 0 Å². The molecule has 0 aliphatic carbocycles. The van der Waals surface area contributed by atoms with Crippen LogP contribution < -0.4 is 10.6 Å². The van der Waals surface area contributed by atoms with Gasteiger partial charge in [0.05, 0.1) is 18.2 Å². The zero-order valence-corrected chi connectivity index (χ0v) is 16.5. The molecule has 0 radical (unpaired) electrons. The summed E-state index contributed by atoms with van der Waals surface area (Å²) in [4.78, 5) is 26.7. The monoisotopic (exact) mass is 390 g/mol. The Hall–Kier alpha value is -2.09. The van der Waals surface area contributed by atoms with Crippen LogP contribution in [0.4, 0.5) is 4.79 Å². The van der Waals surface area contributed by atoms with Gasteiger partial charge in [-0.15, -0.1) is 0 Å². The van der Waals surface area contributed by atoms with E-state index in [4.69, 9.17) is 9.26 Å². The fourth-order valence-corrected chi connectivity index (χ4v) is 5.11. The van der Waals surface area contributed by atoms with Gasteiger partial charge in [-0.3, -0.25) is 4.79 Å². The molecule has 4 heterocycles. The van der Waals surface area contributed by atoms with Crippen LogP contribution in [0.5, 0.6) is 0 Å². The number of urea groups is 1. The highest BCUT2D eigenvalue weighted by Crippen LogP contribution is 2.54. The molecule has 3 aliphatic heterocycles. The fraction of sp³-hybridized carbons (Fsp3) is 0.750. The summed E-state index contributed by atoms with van der Waals surface area (Å²) in [6.07, 6.45) is 8.13. The van der Waals surface area contributed by atoms with Gasteiger partial charge in [-0.1, -0.05) is 31.3 Å². The Bertz CT molecular complexity index is 694. The summed E-state index contributed by atoms with van der Waals surface area (Å²) in [5.41, 5.74) is 0.0577. The summed E-state index contributed by atoms with van der Waals surface area (Å²) >= 11 is 0. The standard InChI is InChI=1S/C20H30N4O4/c1-2-3-4-5-9-21-19(26)24-12-15-14(17-6-8-20(15,13-24)28-17)11-22-18(25)16-7-10-27-23-16/h7,10,14-15,17H,2-6,8-9,11-13H2,1H3,(H,21,26)(H,22,25)/t14-,15+,17+,20+/m0/s1. The highest BCUT2D eigenvalue weighted by Gasteiger charge is 2.63. The number of amides is 3. The lowest BCUT2D eigenvalue weighted by molar-refractivity contribution is 0.00554. The van der Waals surface area contributed by atoms with Crippen molar-refractivity contribution in [1.29, 1.82) is 0 Å². The predicted molar refractivity (Wildman–Crippen MR) is 102 cm³/mol. The molecular formula is C20H30N4O4. The quantitative estimate of drug-likeness (QED) is 0.663. The fourth-order valence-electron chi connectivity index (χ4n) is 5.11. The van der Waals surface area contributed by atoms with Crippen LogP contribution in [0.1, 0.15) is 55.9 Å². The first-order valence-corrected chi connectivity index (χ1v) is 10.5. The van der Waals surface area contributed by atoms with Crippen molar-refractivity contribution in [3.8, 4) is 0 Å². The van der Waals surface area contributed by atoms with Gasteiger partial charge in [-0.2, -0.15) is 0 Å². The molecular weight excluding hydrogens is 360 g/mol. The maximum atomic E-state index is 12.6. The number of rotatable bonds is 8. The highest BCUT2D eigenvalue weighted by atomic mass is 16.5. The zero-order valence-electron chi connectivity index (χ0n) is 16.5. The average Bonchev–Trinajstić information content (AvgIpc) is 3.46. The Morgan fingerprint density at radius 1 is 1.32 bits per heavy atom. The van der Waals surface area contributed by atoms with Crippen molar-refractivity contribution in [2.45, 2.75) is 57.2 Å². The number of nitrogens with zero attached hydrogens (tertiary/aromatic N) is 2. The number of aromatic nitrogens is 1. The molecule has 28 heavy (non-hydrogen) atoms. The Labute approximate surface area is 165 Å². The number of carbonyl (C=O) groups excluding carboxylic acids is 2. The van der Waals surface area contributed by atoms with E-state index in [1.54, 1.807) is 6.07 Å². The number of likely N-dealkylation sites (tertiary alicyclic amines) is 1. The number of hydrogen-bond acceptors (Lipinski definition) is 5. The van der Waals surface area contributed by atoms with Gasteiger partial charge in [-0.25, -0.2) is 4.79 Å². The minimum atomic E-state index is -0.231. The van der Waals surface area contributed by atoms with E-state index in [1.807, 2.05) is 4.90 Å². The van der Waals surface area contributed by atoms with Gasteiger partial charge in [0.1, 0.15) is 6.26 Å². The van der Waals surface area contributed by atoms with E-state index in [2.05, 4.69) is 22.7 Å². The lowest BCUT2D eigenvalue weighted by Crippen LogP contribution is -2.42. The number of hydrogen-bond donors (Lipinski definition) is 2. The van der Waals surface area contributed by atoms with Crippen LogP contribution in [-0.2, 0) is 4.74 Å². The minimum Gasteiger partial charge on any atom is -0.369 e. The van der Waals surface area contributed by atoms with Gasteiger partial charge in [0.25, 0.3) is 5.91 Å². The Kier molecular flexibility index (Phi) is 5.57. The number of carbonyl (C=O) groups is 2. The van der Waals surface area contributed by atoms with E-state index in [1.165, 1.54) is 19.1 Å². The summed E-state index contributed by atoms with van der Waals surface area (Å²) in [7, 11) is 0. The third-order valence-corrected chi connectivity index (χ3v) is 6.55.